The van der Waals surface area contributed by atoms with Crippen LogP contribution < -0.4 is 5.32 Å². The van der Waals surface area contributed by atoms with Gasteiger partial charge in [0.25, 0.3) is 0 Å². The fourth-order valence-electron chi connectivity index (χ4n) is 2.89. The lowest BCUT2D eigenvalue weighted by Gasteiger charge is -2.24. The normalized spacial score (nSPS) is 21.4. The monoisotopic (exact) mass is 260 g/mol. The van der Waals surface area contributed by atoms with Crippen molar-refractivity contribution in [1.29, 1.82) is 0 Å². The van der Waals surface area contributed by atoms with E-state index in [1.807, 2.05) is 0 Å². The fraction of sp³-hybridized carbons (Fsp3) is 0.647. The van der Waals surface area contributed by atoms with E-state index >= 15 is 0 Å². The van der Waals surface area contributed by atoms with E-state index in [0.717, 1.165) is 0 Å². The van der Waals surface area contributed by atoms with Gasteiger partial charge in [0.15, 0.2) is 0 Å². The number of nitrogens with one attached hydrogen (secondary N) is 1. The summed E-state index contributed by atoms with van der Waals surface area (Å²) in [5.74, 6) is 0. The SMILES string of the molecule is Cc1ccc(C)c(NC2CCCN(C(C)C)CC2)c1. The zero-order valence-corrected chi connectivity index (χ0v) is 12.9. The van der Waals surface area contributed by atoms with Gasteiger partial charge in [-0.2, -0.15) is 0 Å². The maximum Gasteiger partial charge on any atom is 0.0374 e. The Balaban J connectivity index is 1.98. The Morgan fingerprint density at radius 1 is 1.16 bits per heavy atom. The summed E-state index contributed by atoms with van der Waals surface area (Å²) in [7, 11) is 0. The van der Waals surface area contributed by atoms with Crippen LogP contribution in [0.3, 0.4) is 0 Å². The molecule has 1 aliphatic rings. The third-order valence-electron chi connectivity index (χ3n) is 4.25. The van der Waals surface area contributed by atoms with Gasteiger partial charge < -0.3 is 10.2 Å². The van der Waals surface area contributed by atoms with Crippen molar-refractivity contribution in [3.8, 4) is 0 Å². The van der Waals surface area contributed by atoms with Crippen LogP contribution in [0.25, 0.3) is 0 Å². The lowest BCUT2D eigenvalue weighted by atomic mass is 10.1. The van der Waals surface area contributed by atoms with Crippen molar-refractivity contribution in [2.45, 2.75) is 59.0 Å². The Bertz CT molecular complexity index is 412. The molecule has 2 nitrogen and oxygen atoms in total. The fourth-order valence-corrected chi connectivity index (χ4v) is 2.89. The third kappa shape index (κ3) is 3.97. The summed E-state index contributed by atoms with van der Waals surface area (Å²) < 4.78 is 0. The van der Waals surface area contributed by atoms with Crippen LogP contribution in [-0.2, 0) is 0 Å². The molecule has 1 heterocycles. The molecule has 0 saturated carbocycles. The van der Waals surface area contributed by atoms with Gasteiger partial charge in [-0.3, -0.25) is 0 Å². The van der Waals surface area contributed by atoms with Crippen LogP contribution in [0.2, 0.25) is 0 Å². The molecular formula is C17H28N2. The predicted octanol–water partition coefficient (Wildman–Crippen LogP) is 3.98. The maximum atomic E-state index is 3.76. The van der Waals surface area contributed by atoms with Crippen LogP contribution >= 0.6 is 0 Å². The number of rotatable bonds is 3. The first-order valence-electron chi connectivity index (χ1n) is 7.64. The molecule has 2 heteroatoms. The van der Waals surface area contributed by atoms with Crippen molar-refractivity contribution < 1.29 is 0 Å². The highest BCUT2D eigenvalue weighted by molar-refractivity contribution is 5.53. The van der Waals surface area contributed by atoms with Gasteiger partial charge in [0.2, 0.25) is 0 Å². The van der Waals surface area contributed by atoms with Crippen LogP contribution in [0, 0.1) is 13.8 Å². The molecule has 1 aliphatic heterocycles. The molecule has 1 atom stereocenters. The minimum absolute atomic E-state index is 0.629. The van der Waals surface area contributed by atoms with Gasteiger partial charge in [-0.05, 0) is 70.7 Å². The highest BCUT2D eigenvalue weighted by atomic mass is 15.1. The second-order valence-corrected chi connectivity index (χ2v) is 6.22. The average molecular weight is 260 g/mol. The molecule has 106 valence electrons. The van der Waals surface area contributed by atoms with Gasteiger partial charge in [-0.15, -0.1) is 0 Å². The zero-order chi connectivity index (χ0) is 13.8. The highest BCUT2D eigenvalue weighted by Crippen LogP contribution is 2.21. The number of benzene rings is 1. The standard InChI is InChI=1S/C17H28N2/c1-13(2)19-10-5-6-16(9-11-19)18-17-12-14(3)7-8-15(17)4/h7-8,12-13,16,18H,5-6,9-11H2,1-4H3. The molecule has 1 N–H and O–H groups in total. The van der Waals surface area contributed by atoms with E-state index in [1.165, 1.54) is 49.2 Å². The quantitative estimate of drug-likeness (QED) is 0.884. The summed E-state index contributed by atoms with van der Waals surface area (Å²) in [4.78, 5) is 2.60. The van der Waals surface area contributed by atoms with Crippen molar-refractivity contribution in [3.05, 3.63) is 29.3 Å². The molecule has 0 radical (unpaired) electrons. The Morgan fingerprint density at radius 3 is 2.68 bits per heavy atom. The van der Waals surface area contributed by atoms with E-state index in [2.05, 4.69) is 56.1 Å². The van der Waals surface area contributed by atoms with E-state index in [0.29, 0.717) is 12.1 Å². The van der Waals surface area contributed by atoms with E-state index in [4.69, 9.17) is 0 Å². The first-order valence-corrected chi connectivity index (χ1v) is 7.64. The lowest BCUT2D eigenvalue weighted by Crippen LogP contribution is -2.32. The van der Waals surface area contributed by atoms with Crippen LogP contribution in [0.1, 0.15) is 44.2 Å². The number of aryl methyl sites for hydroxylation is 2. The summed E-state index contributed by atoms with van der Waals surface area (Å²) in [6, 6.07) is 7.99. The summed E-state index contributed by atoms with van der Waals surface area (Å²) in [6.45, 7) is 11.4. The number of hydrogen-bond donors (Lipinski definition) is 1. The minimum Gasteiger partial charge on any atom is -0.382 e. The Hall–Kier alpha value is -1.02. The Kier molecular flexibility index (Phi) is 4.87. The van der Waals surface area contributed by atoms with Crippen LogP contribution in [0.5, 0.6) is 0 Å². The summed E-state index contributed by atoms with van der Waals surface area (Å²) in [5.41, 5.74) is 4.02. The van der Waals surface area contributed by atoms with Crippen LogP contribution in [0.15, 0.2) is 18.2 Å². The molecule has 1 aromatic carbocycles. The van der Waals surface area contributed by atoms with E-state index in [-0.39, 0.29) is 0 Å². The molecule has 1 aromatic rings. The van der Waals surface area contributed by atoms with Gasteiger partial charge in [0, 0.05) is 24.3 Å². The van der Waals surface area contributed by atoms with Crippen molar-refractivity contribution in [3.63, 3.8) is 0 Å². The van der Waals surface area contributed by atoms with Crippen molar-refractivity contribution >= 4 is 5.69 Å². The third-order valence-corrected chi connectivity index (χ3v) is 4.25. The topological polar surface area (TPSA) is 15.3 Å². The molecule has 1 saturated heterocycles. The largest absolute Gasteiger partial charge is 0.382 e. The summed E-state index contributed by atoms with van der Waals surface area (Å²) in [6.07, 6.45) is 3.85. The molecule has 0 aromatic heterocycles. The van der Waals surface area contributed by atoms with Gasteiger partial charge in [0.05, 0.1) is 0 Å². The second-order valence-electron chi connectivity index (χ2n) is 6.22. The molecule has 19 heavy (non-hydrogen) atoms. The highest BCUT2D eigenvalue weighted by Gasteiger charge is 2.18. The number of anilines is 1. The first-order chi connectivity index (χ1) is 9.06. The lowest BCUT2D eigenvalue weighted by molar-refractivity contribution is 0.230. The Morgan fingerprint density at radius 2 is 1.95 bits per heavy atom. The molecule has 2 rings (SSSR count). The van der Waals surface area contributed by atoms with Gasteiger partial charge in [-0.1, -0.05) is 12.1 Å². The van der Waals surface area contributed by atoms with Crippen LogP contribution in [0.4, 0.5) is 5.69 Å². The minimum atomic E-state index is 0.629. The summed E-state index contributed by atoms with van der Waals surface area (Å²) >= 11 is 0. The maximum absolute atomic E-state index is 3.76. The number of hydrogen-bond acceptors (Lipinski definition) is 2. The van der Waals surface area contributed by atoms with Gasteiger partial charge in [0.1, 0.15) is 0 Å². The molecule has 0 amide bonds. The molecule has 0 bridgehead atoms. The molecule has 1 unspecified atom stereocenters. The van der Waals surface area contributed by atoms with Gasteiger partial charge >= 0.3 is 0 Å². The van der Waals surface area contributed by atoms with E-state index in [9.17, 15) is 0 Å². The van der Waals surface area contributed by atoms with Crippen molar-refractivity contribution in [2.75, 3.05) is 18.4 Å². The summed E-state index contributed by atoms with van der Waals surface area (Å²) in [5, 5.41) is 3.76. The van der Waals surface area contributed by atoms with Crippen molar-refractivity contribution in [1.82, 2.24) is 4.90 Å². The van der Waals surface area contributed by atoms with E-state index in [1.54, 1.807) is 0 Å². The first kappa shape index (κ1) is 14.4. The Labute approximate surface area is 118 Å². The smallest absolute Gasteiger partial charge is 0.0374 e. The van der Waals surface area contributed by atoms with Gasteiger partial charge in [-0.25, -0.2) is 0 Å². The second kappa shape index (κ2) is 6.42. The van der Waals surface area contributed by atoms with E-state index < -0.39 is 0 Å². The van der Waals surface area contributed by atoms with Crippen LogP contribution in [-0.4, -0.2) is 30.1 Å². The average Bonchev–Trinajstić information content (AvgIpc) is 2.59. The molecule has 0 spiro atoms. The molecule has 1 fully saturated rings. The zero-order valence-electron chi connectivity index (χ0n) is 12.9. The molecule has 0 aliphatic carbocycles. The number of nitrogens with zero attached hydrogens (tertiary/aromatic N) is 1. The predicted molar refractivity (Wildman–Crippen MR) is 83.9 cm³/mol. The van der Waals surface area contributed by atoms with Crippen molar-refractivity contribution in [2.24, 2.45) is 0 Å². The number of likely N-dealkylation sites (tertiary alicyclic amines) is 1. The molecular weight excluding hydrogens is 232 g/mol.